The predicted molar refractivity (Wildman–Crippen MR) is 114 cm³/mol. The average Bonchev–Trinajstić information content (AvgIpc) is 3.10. The predicted octanol–water partition coefficient (Wildman–Crippen LogP) is 4.13. The average molecular weight is 413 g/mol. The van der Waals surface area contributed by atoms with Gasteiger partial charge in [-0.1, -0.05) is 23.5 Å². The number of nitrogens with one attached hydrogen (secondary N) is 2. The van der Waals surface area contributed by atoms with Crippen LogP contribution in [0.15, 0.2) is 41.5 Å². The van der Waals surface area contributed by atoms with Crippen LogP contribution in [-0.4, -0.2) is 31.0 Å². The van der Waals surface area contributed by atoms with E-state index in [1.165, 1.54) is 18.0 Å². The second-order valence-corrected chi connectivity index (χ2v) is 7.31. The molecule has 0 saturated carbocycles. The number of anilines is 1. The summed E-state index contributed by atoms with van der Waals surface area (Å²) in [4.78, 5) is 24.6. The Labute approximate surface area is 170 Å². The first-order valence-electron chi connectivity index (χ1n) is 8.49. The lowest BCUT2D eigenvalue weighted by molar-refractivity contribution is 0.832. The van der Waals surface area contributed by atoms with Gasteiger partial charge in [-0.2, -0.15) is 5.10 Å². The van der Waals surface area contributed by atoms with Gasteiger partial charge in [-0.25, -0.2) is 14.6 Å². The van der Waals surface area contributed by atoms with Crippen LogP contribution in [0.1, 0.15) is 11.3 Å². The minimum absolute atomic E-state index is 0.200. The quantitative estimate of drug-likeness (QED) is 0.490. The highest BCUT2D eigenvalue weighted by Crippen LogP contribution is 2.34. The molecule has 0 aliphatic carbocycles. The Morgan fingerprint density at radius 2 is 2.04 bits per heavy atom. The topological polar surface area (TPSA) is 88.5 Å². The number of aryl methyl sites for hydroxylation is 2. The summed E-state index contributed by atoms with van der Waals surface area (Å²) in [6.07, 6.45) is 5.30. The molecule has 0 aliphatic heterocycles. The Bertz CT molecular complexity index is 1230. The number of rotatable bonds is 4. The van der Waals surface area contributed by atoms with Crippen LogP contribution < -0.4 is 10.2 Å². The van der Waals surface area contributed by atoms with Gasteiger partial charge in [0.1, 0.15) is 5.69 Å². The van der Waals surface area contributed by atoms with Crippen LogP contribution in [0.2, 0.25) is 5.02 Å². The van der Waals surface area contributed by atoms with Gasteiger partial charge in [0.25, 0.3) is 0 Å². The summed E-state index contributed by atoms with van der Waals surface area (Å²) in [7, 11) is 0. The van der Waals surface area contributed by atoms with Crippen molar-refractivity contribution in [3.63, 3.8) is 0 Å². The molecular weight excluding hydrogens is 396 g/mol. The van der Waals surface area contributed by atoms with E-state index in [1.54, 1.807) is 10.9 Å². The van der Waals surface area contributed by atoms with Gasteiger partial charge in [0.2, 0.25) is 5.43 Å². The highest BCUT2D eigenvalue weighted by atomic mass is 35.5. The van der Waals surface area contributed by atoms with Crippen molar-refractivity contribution in [1.82, 2.24) is 24.7 Å². The first-order valence-corrected chi connectivity index (χ1v) is 10.1. The summed E-state index contributed by atoms with van der Waals surface area (Å²) in [5, 5.41) is 5.03. The Balaban J connectivity index is 2.02. The van der Waals surface area contributed by atoms with Crippen LogP contribution in [0.25, 0.3) is 28.2 Å². The van der Waals surface area contributed by atoms with Gasteiger partial charge in [0, 0.05) is 30.3 Å². The van der Waals surface area contributed by atoms with Gasteiger partial charge < -0.3 is 9.71 Å². The van der Waals surface area contributed by atoms with Crippen LogP contribution in [0.3, 0.4) is 0 Å². The molecule has 1 aromatic carbocycles. The number of aromatic amines is 1. The standard InChI is InChI=1S/C19H17ClN6OS/c1-10-8-12(9-13(20)15(10)25-28-3)16-19(26-7-5-11(2)24-26)23-18-17(22-16)14(27)4-6-21-18/h4-9,25H,1-3H3,(H,21,23,27). The fourth-order valence-electron chi connectivity index (χ4n) is 2.97. The van der Waals surface area contributed by atoms with Crippen molar-refractivity contribution in [2.75, 3.05) is 11.0 Å². The second-order valence-electron chi connectivity index (χ2n) is 6.29. The van der Waals surface area contributed by atoms with E-state index in [9.17, 15) is 4.79 Å². The molecule has 0 fully saturated rings. The van der Waals surface area contributed by atoms with Crippen molar-refractivity contribution in [2.45, 2.75) is 13.8 Å². The Morgan fingerprint density at radius 3 is 2.71 bits per heavy atom. The summed E-state index contributed by atoms with van der Waals surface area (Å²) in [6.45, 7) is 3.86. The molecule has 3 heterocycles. The van der Waals surface area contributed by atoms with E-state index < -0.39 is 0 Å². The van der Waals surface area contributed by atoms with Crippen molar-refractivity contribution in [1.29, 1.82) is 0 Å². The summed E-state index contributed by atoms with van der Waals surface area (Å²) >= 11 is 7.97. The minimum Gasteiger partial charge on any atom is -0.345 e. The highest BCUT2D eigenvalue weighted by molar-refractivity contribution is 7.99. The third kappa shape index (κ3) is 3.25. The maximum atomic E-state index is 12.3. The molecule has 0 atom stereocenters. The largest absolute Gasteiger partial charge is 0.345 e. The molecule has 2 N–H and O–H groups in total. The van der Waals surface area contributed by atoms with Gasteiger partial charge in [-0.15, -0.1) is 0 Å². The van der Waals surface area contributed by atoms with Crippen LogP contribution >= 0.6 is 23.5 Å². The molecule has 0 spiro atoms. The maximum Gasteiger partial charge on any atom is 0.209 e. The minimum atomic E-state index is -0.200. The molecule has 142 valence electrons. The Morgan fingerprint density at radius 1 is 1.21 bits per heavy atom. The smallest absolute Gasteiger partial charge is 0.209 e. The van der Waals surface area contributed by atoms with Crippen LogP contribution in [0, 0.1) is 13.8 Å². The first kappa shape index (κ1) is 18.5. The van der Waals surface area contributed by atoms with E-state index in [1.807, 2.05) is 44.5 Å². The monoisotopic (exact) mass is 412 g/mol. The van der Waals surface area contributed by atoms with Gasteiger partial charge in [-0.3, -0.25) is 4.79 Å². The maximum absolute atomic E-state index is 12.3. The zero-order valence-electron chi connectivity index (χ0n) is 15.4. The van der Waals surface area contributed by atoms with E-state index in [-0.39, 0.29) is 10.9 Å². The van der Waals surface area contributed by atoms with E-state index in [0.717, 1.165) is 22.5 Å². The van der Waals surface area contributed by atoms with Gasteiger partial charge >= 0.3 is 0 Å². The Kier molecular flexibility index (Phi) is 4.82. The first-order chi connectivity index (χ1) is 13.5. The fraction of sp³-hybridized carbons (Fsp3) is 0.158. The Hall–Kier alpha value is -2.84. The molecule has 4 aromatic rings. The van der Waals surface area contributed by atoms with Crippen molar-refractivity contribution in [3.8, 4) is 17.1 Å². The van der Waals surface area contributed by atoms with E-state index in [0.29, 0.717) is 22.2 Å². The summed E-state index contributed by atoms with van der Waals surface area (Å²) in [6, 6.07) is 7.10. The van der Waals surface area contributed by atoms with E-state index >= 15 is 0 Å². The van der Waals surface area contributed by atoms with E-state index in [4.69, 9.17) is 11.6 Å². The SMILES string of the molecule is CSNc1c(C)cc(-c2nc3c(=O)cc[nH]c3nc2-n2ccc(C)n2)cc1Cl. The normalized spacial score (nSPS) is 11.1. The number of aromatic nitrogens is 5. The molecule has 0 radical (unpaired) electrons. The van der Waals surface area contributed by atoms with Crippen LogP contribution in [0.5, 0.6) is 0 Å². The molecular formula is C19H17ClN6OS. The number of nitrogens with zero attached hydrogens (tertiary/aromatic N) is 4. The molecule has 7 nitrogen and oxygen atoms in total. The lowest BCUT2D eigenvalue weighted by Gasteiger charge is -2.14. The summed E-state index contributed by atoms with van der Waals surface area (Å²) in [5.74, 6) is 0.517. The number of fused-ring (bicyclic) bond motifs is 1. The van der Waals surface area contributed by atoms with Gasteiger partial charge in [0.05, 0.1) is 16.4 Å². The van der Waals surface area contributed by atoms with Gasteiger partial charge in [-0.05, 0) is 37.6 Å². The molecule has 0 saturated heterocycles. The molecule has 0 unspecified atom stereocenters. The molecule has 0 bridgehead atoms. The molecule has 3 aromatic heterocycles. The number of pyridine rings is 1. The zero-order valence-corrected chi connectivity index (χ0v) is 17.0. The highest BCUT2D eigenvalue weighted by Gasteiger charge is 2.17. The molecule has 28 heavy (non-hydrogen) atoms. The third-order valence-electron chi connectivity index (χ3n) is 4.27. The number of H-pyrrole nitrogens is 1. The lowest BCUT2D eigenvalue weighted by atomic mass is 10.1. The molecule has 4 rings (SSSR count). The number of hydrogen-bond acceptors (Lipinski definition) is 6. The number of halogens is 1. The van der Waals surface area contributed by atoms with Crippen molar-refractivity contribution < 1.29 is 0 Å². The van der Waals surface area contributed by atoms with Crippen molar-refractivity contribution >= 4 is 40.4 Å². The number of hydrogen-bond donors (Lipinski definition) is 2. The second kappa shape index (κ2) is 7.29. The van der Waals surface area contributed by atoms with Gasteiger partial charge in [0.15, 0.2) is 17.0 Å². The summed E-state index contributed by atoms with van der Waals surface area (Å²) in [5.41, 5.74) is 4.43. The van der Waals surface area contributed by atoms with Crippen LogP contribution in [-0.2, 0) is 0 Å². The lowest BCUT2D eigenvalue weighted by Crippen LogP contribution is -2.10. The van der Waals surface area contributed by atoms with Crippen molar-refractivity contribution in [3.05, 3.63) is 63.2 Å². The molecule has 9 heteroatoms. The van der Waals surface area contributed by atoms with Crippen molar-refractivity contribution in [2.24, 2.45) is 0 Å². The van der Waals surface area contributed by atoms with E-state index in [2.05, 4.69) is 24.8 Å². The molecule has 0 amide bonds. The molecule has 0 aliphatic rings. The van der Waals surface area contributed by atoms with Crippen LogP contribution in [0.4, 0.5) is 5.69 Å². The third-order valence-corrected chi connectivity index (χ3v) is 4.98. The summed E-state index contributed by atoms with van der Waals surface area (Å²) < 4.78 is 4.84. The zero-order chi connectivity index (χ0) is 19.8. The number of benzene rings is 1. The fourth-order valence-corrected chi connectivity index (χ4v) is 3.82.